The van der Waals surface area contributed by atoms with Crippen molar-refractivity contribution in [1.82, 2.24) is 0 Å². The number of nitrogens with zero attached hydrogens (tertiary/aromatic N) is 1. The highest BCUT2D eigenvalue weighted by Gasteiger charge is 2.03. The van der Waals surface area contributed by atoms with Gasteiger partial charge in [0.25, 0.3) is 0 Å². The average molecular weight is 171 g/mol. The van der Waals surface area contributed by atoms with Crippen molar-refractivity contribution in [2.45, 2.75) is 25.9 Å². The molecule has 0 rings (SSSR count). The Balaban J connectivity index is 3.32. The molecule has 0 bridgehead atoms. The summed E-state index contributed by atoms with van der Waals surface area (Å²) in [5.41, 5.74) is 0. The van der Waals surface area contributed by atoms with Crippen LogP contribution in [0.2, 0.25) is 0 Å². The molecule has 0 N–H and O–H groups in total. The second-order valence-electron chi connectivity index (χ2n) is 2.39. The van der Waals surface area contributed by atoms with E-state index in [-0.39, 0.29) is 12.5 Å². The summed E-state index contributed by atoms with van der Waals surface area (Å²) >= 11 is 0. The average Bonchev–Trinajstić information content (AvgIpc) is 2.04. The van der Waals surface area contributed by atoms with Crippen LogP contribution in [0.15, 0.2) is 0 Å². The van der Waals surface area contributed by atoms with Gasteiger partial charge < -0.3 is 9.47 Å². The van der Waals surface area contributed by atoms with Crippen LogP contribution in [0.25, 0.3) is 0 Å². The van der Waals surface area contributed by atoms with Crippen molar-refractivity contribution < 1.29 is 14.3 Å². The zero-order chi connectivity index (χ0) is 9.40. The highest BCUT2D eigenvalue weighted by molar-refractivity contribution is 5.71. The topological polar surface area (TPSA) is 59.3 Å². The minimum Gasteiger partial charge on any atom is -0.465 e. The first-order valence-corrected chi connectivity index (χ1v) is 3.76. The molecule has 4 nitrogen and oxygen atoms in total. The fourth-order valence-corrected chi connectivity index (χ4v) is 0.572. The lowest BCUT2D eigenvalue weighted by molar-refractivity contribution is -0.143. The number of carbonyl (C=O) groups excluding carboxylic acids is 1. The fourth-order valence-electron chi connectivity index (χ4n) is 0.572. The molecule has 0 aromatic rings. The van der Waals surface area contributed by atoms with Crippen molar-refractivity contribution in [3.05, 3.63) is 0 Å². The van der Waals surface area contributed by atoms with E-state index in [1.807, 2.05) is 6.92 Å². The predicted octanol–water partition coefficient (Wildman–Crippen LogP) is 0.868. The van der Waals surface area contributed by atoms with E-state index in [4.69, 9.17) is 14.7 Å². The molecule has 0 fully saturated rings. The lowest BCUT2D eigenvalue weighted by Gasteiger charge is -2.08. The minimum atomic E-state index is -0.471. The van der Waals surface area contributed by atoms with Gasteiger partial charge in [0.1, 0.15) is 6.42 Å². The molecular formula is C8H13NO3. The Labute approximate surface area is 72.1 Å². The zero-order valence-corrected chi connectivity index (χ0v) is 7.37. The molecule has 1 atom stereocenters. The molecule has 0 radical (unpaired) electrons. The maximum atomic E-state index is 10.6. The van der Waals surface area contributed by atoms with Crippen LogP contribution < -0.4 is 0 Å². The maximum Gasteiger partial charge on any atom is 0.320 e. The maximum absolute atomic E-state index is 10.6. The molecular weight excluding hydrogens is 158 g/mol. The molecule has 1 unspecified atom stereocenters. The molecule has 0 spiro atoms. The summed E-state index contributed by atoms with van der Waals surface area (Å²) in [6.07, 6.45) is 0.564. The first-order valence-electron chi connectivity index (χ1n) is 3.76. The summed E-state index contributed by atoms with van der Waals surface area (Å²) in [4.78, 5) is 10.6. The Morgan fingerprint density at radius 3 is 2.83 bits per heavy atom. The molecule has 0 heterocycles. The number of methoxy groups -OCH3 is 1. The van der Waals surface area contributed by atoms with Gasteiger partial charge in [0, 0.05) is 13.5 Å². The lowest BCUT2D eigenvalue weighted by Crippen LogP contribution is -2.12. The van der Waals surface area contributed by atoms with E-state index >= 15 is 0 Å². The van der Waals surface area contributed by atoms with Gasteiger partial charge in [-0.3, -0.25) is 4.79 Å². The predicted molar refractivity (Wildman–Crippen MR) is 42.3 cm³/mol. The van der Waals surface area contributed by atoms with E-state index < -0.39 is 5.97 Å². The van der Waals surface area contributed by atoms with Crippen molar-refractivity contribution in [2.75, 3.05) is 13.7 Å². The Bertz CT molecular complexity index is 174. The van der Waals surface area contributed by atoms with E-state index in [1.54, 1.807) is 13.2 Å². The fraction of sp³-hybridized carbons (Fsp3) is 0.750. The van der Waals surface area contributed by atoms with Crippen LogP contribution >= 0.6 is 0 Å². The largest absolute Gasteiger partial charge is 0.465 e. The summed E-state index contributed by atoms with van der Waals surface area (Å²) in [6, 6.07) is 1.71. The number of ether oxygens (including phenoxy) is 2. The first kappa shape index (κ1) is 10.9. The molecule has 0 saturated heterocycles. The van der Waals surface area contributed by atoms with E-state index in [1.165, 1.54) is 0 Å². The number of hydrogen-bond donors (Lipinski definition) is 0. The third-order valence-electron chi connectivity index (χ3n) is 1.41. The van der Waals surface area contributed by atoms with Gasteiger partial charge in [-0.1, -0.05) is 0 Å². The SMILES string of the molecule is COC(C)CCOC(=O)CC#N. The molecule has 12 heavy (non-hydrogen) atoms. The smallest absolute Gasteiger partial charge is 0.320 e. The van der Waals surface area contributed by atoms with Crippen molar-refractivity contribution in [3.63, 3.8) is 0 Å². The van der Waals surface area contributed by atoms with Crippen LogP contribution in [0, 0.1) is 11.3 Å². The molecule has 4 heteroatoms. The number of rotatable bonds is 5. The third-order valence-corrected chi connectivity index (χ3v) is 1.41. The Morgan fingerprint density at radius 1 is 1.67 bits per heavy atom. The third kappa shape index (κ3) is 5.69. The second-order valence-corrected chi connectivity index (χ2v) is 2.39. The Kier molecular flexibility index (Phi) is 6.02. The van der Waals surface area contributed by atoms with E-state index in [0.717, 1.165) is 0 Å². The number of hydrogen-bond acceptors (Lipinski definition) is 4. The van der Waals surface area contributed by atoms with Crippen LogP contribution in [0.1, 0.15) is 19.8 Å². The molecule has 68 valence electrons. The van der Waals surface area contributed by atoms with Crippen molar-refractivity contribution in [1.29, 1.82) is 5.26 Å². The van der Waals surface area contributed by atoms with Gasteiger partial charge in [-0.25, -0.2) is 0 Å². The lowest BCUT2D eigenvalue weighted by atomic mass is 10.3. The summed E-state index contributed by atoms with van der Waals surface area (Å²) < 4.78 is 9.65. The van der Waals surface area contributed by atoms with E-state index in [0.29, 0.717) is 13.0 Å². The summed E-state index contributed by atoms with van der Waals surface area (Å²) in [7, 11) is 1.60. The minimum absolute atomic E-state index is 0.0832. The number of esters is 1. The molecule has 0 aromatic heterocycles. The van der Waals surface area contributed by atoms with Crippen molar-refractivity contribution in [2.24, 2.45) is 0 Å². The van der Waals surface area contributed by atoms with Crippen LogP contribution in [0.4, 0.5) is 0 Å². The van der Waals surface area contributed by atoms with Gasteiger partial charge in [-0.05, 0) is 6.92 Å². The highest BCUT2D eigenvalue weighted by Crippen LogP contribution is 1.96. The quantitative estimate of drug-likeness (QED) is 0.576. The van der Waals surface area contributed by atoms with Crippen LogP contribution in [0.5, 0.6) is 0 Å². The standard InChI is InChI=1S/C8H13NO3/c1-7(11-2)4-6-12-8(10)3-5-9/h7H,3-4,6H2,1-2H3. The van der Waals surface area contributed by atoms with Crippen molar-refractivity contribution >= 4 is 5.97 Å². The van der Waals surface area contributed by atoms with Gasteiger partial charge >= 0.3 is 5.97 Å². The van der Waals surface area contributed by atoms with Gasteiger partial charge in [0.05, 0.1) is 18.8 Å². The van der Waals surface area contributed by atoms with Gasteiger partial charge in [-0.15, -0.1) is 0 Å². The van der Waals surface area contributed by atoms with Gasteiger partial charge in [0.15, 0.2) is 0 Å². The summed E-state index contributed by atoms with van der Waals surface area (Å²) in [6.45, 7) is 2.20. The number of nitriles is 1. The van der Waals surface area contributed by atoms with E-state index in [9.17, 15) is 4.79 Å². The van der Waals surface area contributed by atoms with Crippen molar-refractivity contribution in [3.8, 4) is 6.07 Å². The van der Waals surface area contributed by atoms with Gasteiger partial charge in [0.2, 0.25) is 0 Å². The number of carbonyl (C=O) groups is 1. The first-order chi connectivity index (χ1) is 5.70. The second kappa shape index (κ2) is 6.62. The van der Waals surface area contributed by atoms with E-state index in [2.05, 4.69) is 0 Å². The van der Waals surface area contributed by atoms with Crippen LogP contribution in [-0.2, 0) is 14.3 Å². The monoisotopic (exact) mass is 171 g/mol. The molecule has 0 amide bonds. The molecule has 0 aliphatic carbocycles. The summed E-state index contributed by atoms with van der Waals surface area (Å²) in [5.74, 6) is -0.471. The Hall–Kier alpha value is -1.08. The molecule has 0 aliphatic rings. The molecule has 0 aromatic carbocycles. The normalized spacial score (nSPS) is 11.8. The van der Waals surface area contributed by atoms with Crippen LogP contribution in [0.3, 0.4) is 0 Å². The Morgan fingerprint density at radius 2 is 2.33 bits per heavy atom. The summed E-state index contributed by atoms with van der Waals surface area (Å²) in [5, 5.41) is 8.12. The zero-order valence-electron chi connectivity index (χ0n) is 7.37. The highest BCUT2D eigenvalue weighted by atomic mass is 16.5. The molecule has 0 saturated carbocycles. The van der Waals surface area contributed by atoms with Crippen LogP contribution in [-0.4, -0.2) is 25.8 Å². The molecule has 0 aliphatic heterocycles. The van der Waals surface area contributed by atoms with Gasteiger partial charge in [-0.2, -0.15) is 5.26 Å².